The van der Waals surface area contributed by atoms with Crippen molar-refractivity contribution < 1.29 is 0 Å². The van der Waals surface area contributed by atoms with Crippen LogP contribution in [0.15, 0.2) is 24.5 Å². The van der Waals surface area contributed by atoms with Crippen molar-refractivity contribution in [1.82, 2.24) is 9.97 Å². The van der Waals surface area contributed by atoms with E-state index in [1.165, 1.54) is 0 Å². The minimum Gasteiger partial charge on any atom is -0.259 e. The fourth-order valence-electron chi connectivity index (χ4n) is 1.72. The highest BCUT2D eigenvalue weighted by molar-refractivity contribution is 6.31. The summed E-state index contributed by atoms with van der Waals surface area (Å²) in [4.78, 5) is 8.79. The number of halogens is 1. The third-order valence-electron chi connectivity index (χ3n) is 2.34. The average molecular weight is 235 g/mol. The van der Waals surface area contributed by atoms with E-state index < -0.39 is 0 Å². The van der Waals surface area contributed by atoms with E-state index in [0.29, 0.717) is 5.02 Å². The van der Waals surface area contributed by atoms with E-state index in [9.17, 15) is 0 Å². The van der Waals surface area contributed by atoms with Gasteiger partial charge in [0.2, 0.25) is 0 Å². The first kappa shape index (κ1) is 11.3. The van der Waals surface area contributed by atoms with Gasteiger partial charge < -0.3 is 0 Å². The summed E-state index contributed by atoms with van der Waals surface area (Å²) in [5.41, 5.74) is 2.21. The molecule has 2 nitrogen and oxygen atoms in total. The van der Waals surface area contributed by atoms with Crippen LogP contribution in [0.1, 0.15) is 26.5 Å². The topological polar surface area (TPSA) is 25.8 Å². The molecule has 0 amide bonds. The van der Waals surface area contributed by atoms with Crippen molar-refractivity contribution in [2.24, 2.45) is 5.41 Å². The van der Waals surface area contributed by atoms with Crippen LogP contribution in [0.2, 0.25) is 5.02 Å². The van der Waals surface area contributed by atoms with E-state index in [1.54, 1.807) is 6.20 Å². The van der Waals surface area contributed by atoms with Gasteiger partial charge >= 0.3 is 0 Å². The maximum Gasteiger partial charge on any atom is 0.0918 e. The molecule has 0 fully saturated rings. The SMILES string of the molecule is CC(C)(C)Cc1nccc2cc(Cl)cnc12. The van der Waals surface area contributed by atoms with Crippen LogP contribution < -0.4 is 0 Å². The van der Waals surface area contributed by atoms with E-state index in [4.69, 9.17) is 11.6 Å². The molecule has 0 aromatic carbocycles. The Balaban J connectivity index is 2.54. The van der Waals surface area contributed by atoms with E-state index >= 15 is 0 Å². The Bertz CT molecular complexity index is 515. The number of rotatable bonds is 1. The summed E-state index contributed by atoms with van der Waals surface area (Å²) < 4.78 is 0. The Morgan fingerprint density at radius 2 is 2.00 bits per heavy atom. The zero-order chi connectivity index (χ0) is 11.8. The lowest BCUT2D eigenvalue weighted by molar-refractivity contribution is 0.407. The van der Waals surface area contributed by atoms with Gasteiger partial charge in [-0.25, -0.2) is 0 Å². The van der Waals surface area contributed by atoms with E-state index in [-0.39, 0.29) is 5.41 Å². The molecule has 0 saturated carbocycles. The molecule has 0 atom stereocenters. The molecule has 0 aliphatic rings. The van der Waals surface area contributed by atoms with Crippen LogP contribution in [0, 0.1) is 5.41 Å². The minimum absolute atomic E-state index is 0.211. The molecule has 2 rings (SSSR count). The molecule has 84 valence electrons. The van der Waals surface area contributed by atoms with Crippen LogP contribution in [0.5, 0.6) is 0 Å². The van der Waals surface area contributed by atoms with Crippen LogP contribution in [-0.2, 0) is 6.42 Å². The highest BCUT2D eigenvalue weighted by Crippen LogP contribution is 2.24. The smallest absolute Gasteiger partial charge is 0.0918 e. The summed E-state index contributed by atoms with van der Waals surface area (Å²) >= 11 is 5.92. The summed E-state index contributed by atoms with van der Waals surface area (Å²) in [5.74, 6) is 0. The predicted molar refractivity (Wildman–Crippen MR) is 67.7 cm³/mol. The van der Waals surface area contributed by atoms with Crippen molar-refractivity contribution in [3.63, 3.8) is 0 Å². The monoisotopic (exact) mass is 234 g/mol. The Labute approximate surface area is 101 Å². The first-order valence-electron chi connectivity index (χ1n) is 5.35. The van der Waals surface area contributed by atoms with E-state index in [2.05, 4.69) is 30.7 Å². The fraction of sp³-hybridized carbons (Fsp3) is 0.385. The van der Waals surface area contributed by atoms with Gasteiger partial charge in [0, 0.05) is 17.8 Å². The second kappa shape index (κ2) is 4.02. The largest absolute Gasteiger partial charge is 0.259 e. The predicted octanol–water partition coefficient (Wildman–Crippen LogP) is 3.87. The van der Waals surface area contributed by atoms with Crippen molar-refractivity contribution in [2.45, 2.75) is 27.2 Å². The maximum atomic E-state index is 5.92. The second-order valence-corrected chi connectivity index (χ2v) is 5.66. The molecule has 2 aromatic heterocycles. The third kappa shape index (κ3) is 2.50. The molecule has 16 heavy (non-hydrogen) atoms. The van der Waals surface area contributed by atoms with Crippen LogP contribution in [0.4, 0.5) is 0 Å². The highest BCUT2D eigenvalue weighted by atomic mass is 35.5. The lowest BCUT2D eigenvalue weighted by Crippen LogP contribution is -2.11. The average Bonchev–Trinajstić information content (AvgIpc) is 2.15. The summed E-state index contributed by atoms with van der Waals surface area (Å²) in [6.07, 6.45) is 4.41. The van der Waals surface area contributed by atoms with Crippen molar-refractivity contribution in [2.75, 3.05) is 0 Å². The molecule has 0 bridgehead atoms. The molecule has 0 unspecified atom stereocenters. The Hall–Kier alpha value is -1.15. The Kier molecular flexibility index (Phi) is 2.85. The Morgan fingerprint density at radius 3 is 2.69 bits per heavy atom. The quantitative estimate of drug-likeness (QED) is 0.749. The lowest BCUT2D eigenvalue weighted by atomic mass is 9.90. The zero-order valence-corrected chi connectivity index (χ0v) is 10.5. The van der Waals surface area contributed by atoms with Gasteiger partial charge in [-0.3, -0.25) is 9.97 Å². The van der Waals surface area contributed by atoms with Gasteiger partial charge in [0.25, 0.3) is 0 Å². The molecule has 0 N–H and O–H groups in total. The van der Waals surface area contributed by atoms with E-state index in [1.807, 2.05) is 18.3 Å². The summed E-state index contributed by atoms with van der Waals surface area (Å²) in [7, 11) is 0. The minimum atomic E-state index is 0.211. The molecule has 2 heterocycles. The number of hydrogen-bond acceptors (Lipinski definition) is 2. The number of nitrogens with zero attached hydrogens (tertiary/aromatic N) is 2. The normalized spacial score (nSPS) is 12.0. The first-order valence-corrected chi connectivity index (χ1v) is 5.73. The number of pyridine rings is 2. The fourth-order valence-corrected chi connectivity index (χ4v) is 1.89. The molecular formula is C13H15ClN2. The third-order valence-corrected chi connectivity index (χ3v) is 2.55. The van der Waals surface area contributed by atoms with Gasteiger partial charge in [-0.05, 0) is 24.0 Å². The van der Waals surface area contributed by atoms with Crippen molar-refractivity contribution in [3.05, 3.63) is 35.2 Å². The molecule has 0 aliphatic heterocycles. The number of aromatic nitrogens is 2. The zero-order valence-electron chi connectivity index (χ0n) is 9.79. The highest BCUT2D eigenvalue weighted by Gasteiger charge is 2.15. The lowest BCUT2D eigenvalue weighted by Gasteiger charge is -2.18. The van der Waals surface area contributed by atoms with Crippen molar-refractivity contribution >= 4 is 22.5 Å². The molecule has 0 radical (unpaired) electrons. The standard InChI is InChI=1S/C13H15ClN2/c1-13(2,3)7-11-12-9(4-5-15-11)6-10(14)8-16-12/h4-6,8H,7H2,1-3H3. The van der Waals surface area contributed by atoms with Gasteiger partial charge in [0.1, 0.15) is 0 Å². The van der Waals surface area contributed by atoms with Crippen molar-refractivity contribution in [3.8, 4) is 0 Å². The van der Waals surface area contributed by atoms with Crippen LogP contribution in [0.3, 0.4) is 0 Å². The van der Waals surface area contributed by atoms with Crippen LogP contribution in [0.25, 0.3) is 10.9 Å². The number of fused-ring (bicyclic) bond motifs is 1. The van der Waals surface area contributed by atoms with Crippen LogP contribution >= 0.6 is 11.6 Å². The van der Waals surface area contributed by atoms with Gasteiger partial charge in [-0.1, -0.05) is 32.4 Å². The maximum absolute atomic E-state index is 5.92. The second-order valence-electron chi connectivity index (χ2n) is 5.22. The van der Waals surface area contributed by atoms with Gasteiger partial charge in [-0.2, -0.15) is 0 Å². The molecular weight excluding hydrogens is 220 g/mol. The molecule has 0 saturated heterocycles. The molecule has 0 spiro atoms. The molecule has 3 heteroatoms. The molecule has 0 aliphatic carbocycles. The van der Waals surface area contributed by atoms with Crippen molar-refractivity contribution in [1.29, 1.82) is 0 Å². The van der Waals surface area contributed by atoms with Crippen LogP contribution in [-0.4, -0.2) is 9.97 Å². The van der Waals surface area contributed by atoms with Gasteiger partial charge in [0.05, 0.1) is 16.2 Å². The first-order chi connectivity index (χ1) is 7.46. The Morgan fingerprint density at radius 1 is 1.25 bits per heavy atom. The summed E-state index contributed by atoms with van der Waals surface area (Å²) in [6, 6.07) is 3.87. The van der Waals surface area contributed by atoms with Gasteiger partial charge in [0.15, 0.2) is 0 Å². The van der Waals surface area contributed by atoms with Gasteiger partial charge in [-0.15, -0.1) is 0 Å². The molecule has 2 aromatic rings. The van der Waals surface area contributed by atoms with E-state index in [0.717, 1.165) is 23.0 Å². The number of hydrogen-bond donors (Lipinski definition) is 0. The summed E-state index contributed by atoms with van der Waals surface area (Å²) in [6.45, 7) is 6.59. The summed E-state index contributed by atoms with van der Waals surface area (Å²) in [5, 5.41) is 1.72.